The lowest BCUT2D eigenvalue weighted by Crippen LogP contribution is -2.16. The maximum Gasteiger partial charge on any atom is 0.261 e. The van der Waals surface area contributed by atoms with Gasteiger partial charge in [-0.1, -0.05) is 29.8 Å². The molecule has 0 heterocycles. The zero-order valence-corrected chi connectivity index (χ0v) is 17.9. The molecule has 0 aromatic heterocycles. The highest BCUT2D eigenvalue weighted by molar-refractivity contribution is 7.92. The Labute approximate surface area is 175 Å². The van der Waals surface area contributed by atoms with Crippen LogP contribution in [0.3, 0.4) is 0 Å². The van der Waals surface area contributed by atoms with Crippen molar-refractivity contribution in [2.75, 3.05) is 10.0 Å². The van der Waals surface area contributed by atoms with Gasteiger partial charge in [-0.3, -0.25) is 9.52 Å². The molecule has 0 saturated heterocycles. The van der Waals surface area contributed by atoms with Crippen LogP contribution in [0.15, 0.2) is 65.6 Å². The van der Waals surface area contributed by atoms with Crippen molar-refractivity contribution in [3.63, 3.8) is 0 Å². The zero-order valence-electron chi connectivity index (χ0n) is 16.3. The average Bonchev–Trinajstić information content (AvgIpc) is 2.66. The number of halogens is 1. The van der Waals surface area contributed by atoms with Crippen molar-refractivity contribution in [1.82, 2.24) is 0 Å². The monoisotopic (exact) mass is 428 g/mol. The molecular weight excluding hydrogens is 408 g/mol. The number of rotatable bonds is 5. The first-order valence-electron chi connectivity index (χ1n) is 8.93. The molecule has 0 aliphatic rings. The van der Waals surface area contributed by atoms with E-state index in [-0.39, 0.29) is 10.8 Å². The van der Waals surface area contributed by atoms with Crippen molar-refractivity contribution in [3.05, 3.63) is 87.9 Å². The first kappa shape index (κ1) is 20.9. The fraction of sp³-hybridized carbons (Fsp3) is 0.136. The third kappa shape index (κ3) is 4.96. The Kier molecular flexibility index (Phi) is 5.96. The molecule has 5 nitrogen and oxygen atoms in total. The topological polar surface area (TPSA) is 75.3 Å². The molecule has 1 amide bonds. The van der Waals surface area contributed by atoms with Gasteiger partial charge >= 0.3 is 0 Å². The van der Waals surface area contributed by atoms with Gasteiger partial charge in [0, 0.05) is 16.3 Å². The minimum Gasteiger partial charge on any atom is -0.322 e. The van der Waals surface area contributed by atoms with E-state index in [2.05, 4.69) is 10.0 Å². The Morgan fingerprint density at radius 2 is 1.45 bits per heavy atom. The van der Waals surface area contributed by atoms with Crippen LogP contribution < -0.4 is 10.0 Å². The van der Waals surface area contributed by atoms with Gasteiger partial charge in [0.2, 0.25) is 0 Å². The Hall–Kier alpha value is -2.83. The molecule has 29 heavy (non-hydrogen) atoms. The van der Waals surface area contributed by atoms with Crippen molar-refractivity contribution >= 4 is 38.9 Å². The second-order valence-electron chi connectivity index (χ2n) is 6.86. The number of nitrogens with one attached hydrogen (secondary N) is 2. The lowest BCUT2D eigenvalue weighted by molar-refractivity contribution is 0.102. The van der Waals surface area contributed by atoms with Gasteiger partial charge in [0.25, 0.3) is 15.9 Å². The summed E-state index contributed by atoms with van der Waals surface area (Å²) in [5.41, 5.74) is 4.09. The van der Waals surface area contributed by atoms with Crippen LogP contribution in [0.4, 0.5) is 11.4 Å². The van der Waals surface area contributed by atoms with E-state index in [0.29, 0.717) is 21.8 Å². The fourth-order valence-corrected chi connectivity index (χ4v) is 4.00. The Bertz CT molecular complexity index is 1170. The number of sulfonamides is 1. The van der Waals surface area contributed by atoms with E-state index in [0.717, 1.165) is 16.8 Å². The largest absolute Gasteiger partial charge is 0.322 e. The Balaban J connectivity index is 1.87. The first-order chi connectivity index (χ1) is 13.7. The summed E-state index contributed by atoms with van der Waals surface area (Å²) in [4.78, 5) is 12.8. The van der Waals surface area contributed by atoms with Crippen LogP contribution in [0, 0.1) is 20.8 Å². The van der Waals surface area contributed by atoms with E-state index >= 15 is 0 Å². The number of anilines is 2. The molecule has 0 atom stereocenters. The predicted molar refractivity (Wildman–Crippen MR) is 117 cm³/mol. The van der Waals surface area contributed by atoms with Gasteiger partial charge < -0.3 is 5.32 Å². The number of benzene rings is 3. The van der Waals surface area contributed by atoms with E-state index in [4.69, 9.17) is 11.6 Å². The number of hydrogen-bond donors (Lipinski definition) is 2. The molecule has 3 rings (SSSR count). The number of carbonyl (C=O) groups is 1. The summed E-state index contributed by atoms with van der Waals surface area (Å²) in [5.74, 6) is -0.314. The first-order valence-corrected chi connectivity index (χ1v) is 10.8. The number of amides is 1. The van der Waals surface area contributed by atoms with E-state index in [9.17, 15) is 13.2 Å². The molecule has 0 bridgehead atoms. The molecule has 0 fully saturated rings. The number of carbonyl (C=O) groups excluding carboxylic acids is 1. The van der Waals surface area contributed by atoms with E-state index in [1.807, 2.05) is 32.0 Å². The minimum atomic E-state index is -3.81. The summed E-state index contributed by atoms with van der Waals surface area (Å²) in [7, 11) is -3.81. The lowest BCUT2D eigenvalue weighted by Gasteiger charge is -2.13. The molecule has 0 radical (unpaired) electrons. The summed E-state index contributed by atoms with van der Waals surface area (Å²) < 4.78 is 27.9. The van der Waals surface area contributed by atoms with Crippen LogP contribution >= 0.6 is 11.6 Å². The van der Waals surface area contributed by atoms with Crippen LogP contribution in [0.25, 0.3) is 0 Å². The summed E-state index contributed by atoms with van der Waals surface area (Å²) in [6.07, 6.45) is 0. The van der Waals surface area contributed by atoms with E-state index in [1.165, 1.54) is 30.3 Å². The third-order valence-electron chi connectivity index (χ3n) is 4.51. The van der Waals surface area contributed by atoms with Gasteiger partial charge in [-0.2, -0.15) is 0 Å². The van der Waals surface area contributed by atoms with Gasteiger partial charge in [-0.05, 0) is 79.9 Å². The second kappa shape index (κ2) is 8.27. The molecule has 0 saturated carbocycles. The fourth-order valence-electron chi connectivity index (χ4n) is 2.76. The highest BCUT2D eigenvalue weighted by Gasteiger charge is 2.17. The van der Waals surface area contributed by atoms with Gasteiger partial charge in [-0.15, -0.1) is 0 Å². The standard InChI is InChI=1S/C22H21ClN2O3S/c1-14-4-5-15(2)20(12-14)24-22(26)17-7-6-16(3)21(13-17)25-29(27,28)19-10-8-18(23)9-11-19/h4-13,25H,1-3H3,(H,24,26). The van der Waals surface area contributed by atoms with Crippen LogP contribution in [-0.2, 0) is 10.0 Å². The van der Waals surface area contributed by atoms with E-state index in [1.54, 1.807) is 19.1 Å². The summed E-state index contributed by atoms with van der Waals surface area (Å²) in [5, 5.41) is 3.33. The van der Waals surface area contributed by atoms with Gasteiger partial charge in [0.15, 0.2) is 0 Å². The maximum absolute atomic E-state index is 12.7. The lowest BCUT2D eigenvalue weighted by atomic mass is 10.1. The molecule has 0 unspecified atom stereocenters. The van der Waals surface area contributed by atoms with Crippen LogP contribution in [0.5, 0.6) is 0 Å². The van der Waals surface area contributed by atoms with Crippen LogP contribution in [0.2, 0.25) is 5.02 Å². The van der Waals surface area contributed by atoms with E-state index < -0.39 is 10.0 Å². The van der Waals surface area contributed by atoms with Crippen LogP contribution in [-0.4, -0.2) is 14.3 Å². The SMILES string of the molecule is Cc1ccc(C)c(NC(=O)c2ccc(C)c(NS(=O)(=O)c3ccc(Cl)cc3)c2)c1. The summed E-state index contributed by atoms with van der Waals surface area (Å²) >= 11 is 5.83. The zero-order chi connectivity index (χ0) is 21.2. The quantitative estimate of drug-likeness (QED) is 0.577. The van der Waals surface area contributed by atoms with Crippen molar-refractivity contribution in [2.45, 2.75) is 25.7 Å². The normalized spacial score (nSPS) is 11.2. The average molecular weight is 429 g/mol. The van der Waals surface area contributed by atoms with Crippen molar-refractivity contribution < 1.29 is 13.2 Å². The van der Waals surface area contributed by atoms with Gasteiger partial charge in [-0.25, -0.2) is 8.42 Å². The van der Waals surface area contributed by atoms with Gasteiger partial charge in [0.1, 0.15) is 0 Å². The van der Waals surface area contributed by atoms with Crippen molar-refractivity contribution in [1.29, 1.82) is 0 Å². The Morgan fingerprint density at radius 1 is 0.828 bits per heavy atom. The third-order valence-corrected chi connectivity index (χ3v) is 6.14. The molecule has 0 aliphatic carbocycles. The minimum absolute atomic E-state index is 0.0894. The molecular formula is C22H21ClN2O3S. The molecule has 0 spiro atoms. The van der Waals surface area contributed by atoms with Gasteiger partial charge in [0.05, 0.1) is 10.6 Å². The molecule has 3 aromatic carbocycles. The molecule has 3 aromatic rings. The Morgan fingerprint density at radius 3 is 2.14 bits per heavy atom. The van der Waals surface area contributed by atoms with Crippen LogP contribution in [0.1, 0.15) is 27.0 Å². The number of hydrogen-bond acceptors (Lipinski definition) is 3. The van der Waals surface area contributed by atoms with Crippen molar-refractivity contribution in [2.24, 2.45) is 0 Å². The number of aryl methyl sites for hydroxylation is 3. The second-order valence-corrected chi connectivity index (χ2v) is 8.98. The highest BCUT2D eigenvalue weighted by atomic mass is 35.5. The highest BCUT2D eigenvalue weighted by Crippen LogP contribution is 2.24. The summed E-state index contributed by atoms with van der Waals surface area (Å²) in [6, 6.07) is 16.6. The molecule has 2 N–H and O–H groups in total. The smallest absolute Gasteiger partial charge is 0.261 e. The summed E-state index contributed by atoms with van der Waals surface area (Å²) in [6.45, 7) is 5.63. The predicted octanol–water partition coefficient (Wildman–Crippen LogP) is 5.32. The molecule has 7 heteroatoms. The maximum atomic E-state index is 12.7. The molecule has 150 valence electrons. The van der Waals surface area contributed by atoms with Crippen molar-refractivity contribution in [3.8, 4) is 0 Å². The molecule has 0 aliphatic heterocycles.